The van der Waals surface area contributed by atoms with Gasteiger partial charge in [0.2, 0.25) is 10.0 Å². The third-order valence-corrected chi connectivity index (χ3v) is 7.22. The molecule has 0 spiro atoms. The van der Waals surface area contributed by atoms with E-state index >= 15 is 0 Å². The lowest BCUT2D eigenvalue weighted by Crippen LogP contribution is -2.48. The van der Waals surface area contributed by atoms with Gasteiger partial charge in [0.25, 0.3) is 0 Å². The average molecular weight is 388 g/mol. The Hall–Kier alpha value is -1.85. The summed E-state index contributed by atoms with van der Waals surface area (Å²) in [6, 6.07) is 16.8. The Balaban J connectivity index is 1.65. The van der Waals surface area contributed by atoms with Gasteiger partial charge in [0, 0.05) is 37.6 Å². The minimum absolute atomic E-state index is 0.101. The molecule has 1 saturated heterocycles. The number of thioether (sulfide) groups is 1. The first-order valence-electron chi connectivity index (χ1n) is 8.39. The van der Waals surface area contributed by atoms with E-state index in [0.717, 1.165) is 6.54 Å². The normalized spacial score (nSPS) is 16.3. The molecule has 0 amide bonds. The number of nitriles is 1. The molecule has 0 N–H and O–H groups in total. The molecule has 0 radical (unpaired) electrons. The average Bonchev–Trinajstić information content (AvgIpc) is 2.69. The number of hydrogen-bond acceptors (Lipinski definition) is 5. The monoisotopic (exact) mass is 387 g/mol. The third-order valence-electron chi connectivity index (χ3n) is 4.52. The van der Waals surface area contributed by atoms with E-state index in [-0.39, 0.29) is 10.5 Å². The van der Waals surface area contributed by atoms with Crippen LogP contribution in [0.15, 0.2) is 58.3 Å². The van der Waals surface area contributed by atoms with E-state index in [1.165, 1.54) is 20.8 Å². The Morgan fingerprint density at radius 3 is 2.31 bits per heavy atom. The molecule has 0 bridgehead atoms. The van der Waals surface area contributed by atoms with Crippen molar-refractivity contribution in [2.24, 2.45) is 0 Å². The molecule has 1 heterocycles. The van der Waals surface area contributed by atoms with Gasteiger partial charge >= 0.3 is 0 Å². The highest BCUT2D eigenvalue weighted by Crippen LogP contribution is 2.22. The molecule has 1 aliphatic rings. The predicted octanol–water partition coefficient (Wildman–Crippen LogP) is 2.79. The Morgan fingerprint density at radius 1 is 1.04 bits per heavy atom. The molecule has 1 fully saturated rings. The minimum Gasteiger partial charge on any atom is -0.296 e. The van der Waals surface area contributed by atoms with Crippen LogP contribution in [0.5, 0.6) is 0 Å². The second-order valence-electron chi connectivity index (χ2n) is 6.14. The highest BCUT2D eigenvalue weighted by atomic mass is 32.2. The van der Waals surface area contributed by atoms with Crippen LogP contribution in [-0.2, 0) is 16.6 Å². The molecule has 0 aliphatic carbocycles. The van der Waals surface area contributed by atoms with Gasteiger partial charge in [-0.1, -0.05) is 24.3 Å². The van der Waals surface area contributed by atoms with Crippen LogP contribution in [0.1, 0.15) is 11.1 Å². The van der Waals surface area contributed by atoms with Gasteiger partial charge in [-0.3, -0.25) is 4.90 Å². The van der Waals surface area contributed by atoms with E-state index in [2.05, 4.69) is 35.4 Å². The number of sulfonamides is 1. The van der Waals surface area contributed by atoms with Gasteiger partial charge in [-0.25, -0.2) is 8.42 Å². The maximum Gasteiger partial charge on any atom is 0.244 e. The fourth-order valence-corrected chi connectivity index (χ4v) is 5.01. The SMILES string of the molecule is CSc1ccc(CN2CCN(S(=O)(=O)c3ccccc3C#N)CC2)cc1. The van der Waals surface area contributed by atoms with Crippen LogP contribution in [0, 0.1) is 11.3 Å². The van der Waals surface area contributed by atoms with Crippen LogP contribution in [0.4, 0.5) is 0 Å². The Bertz CT molecular complexity index is 897. The molecule has 7 heteroatoms. The zero-order valence-electron chi connectivity index (χ0n) is 14.6. The molecule has 0 atom stereocenters. The summed E-state index contributed by atoms with van der Waals surface area (Å²) in [5, 5.41) is 9.18. The summed E-state index contributed by atoms with van der Waals surface area (Å²) in [7, 11) is -3.63. The smallest absolute Gasteiger partial charge is 0.244 e. The van der Waals surface area contributed by atoms with Crippen LogP contribution < -0.4 is 0 Å². The lowest BCUT2D eigenvalue weighted by Gasteiger charge is -2.34. The van der Waals surface area contributed by atoms with Crippen molar-refractivity contribution in [1.82, 2.24) is 9.21 Å². The van der Waals surface area contributed by atoms with Gasteiger partial charge in [0.15, 0.2) is 0 Å². The van der Waals surface area contributed by atoms with Gasteiger partial charge in [0.05, 0.1) is 10.5 Å². The number of hydrogen-bond donors (Lipinski definition) is 0. The van der Waals surface area contributed by atoms with Crippen molar-refractivity contribution in [2.45, 2.75) is 16.3 Å². The van der Waals surface area contributed by atoms with Gasteiger partial charge < -0.3 is 0 Å². The highest BCUT2D eigenvalue weighted by Gasteiger charge is 2.30. The largest absolute Gasteiger partial charge is 0.296 e. The summed E-state index contributed by atoms with van der Waals surface area (Å²) >= 11 is 1.72. The maximum absolute atomic E-state index is 12.9. The van der Waals surface area contributed by atoms with E-state index in [9.17, 15) is 13.7 Å². The fourth-order valence-electron chi connectivity index (χ4n) is 3.04. The first-order valence-corrected chi connectivity index (χ1v) is 11.1. The van der Waals surface area contributed by atoms with E-state index in [1.54, 1.807) is 30.0 Å². The standard InChI is InChI=1S/C19H21N3O2S2/c1-25-18-8-6-16(7-9-18)15-21-10-12-22(13-11-21)26(23,24)19-5-3-2-4-17(19)14-20/h2-9H,10-13,15H2,1H3. The zero-order valence-corrected chi connectivity index (χ0v) is 16.3. The maximum atomic E-state index is 12.9. The van der Waals surface area contributed by atoms with Crippen LogP contribution in [-0.4, -0.2) is 50.1 Å². The van der Waals surface area contributed by atoms with Crippen molar-refractivity contribution in [1.29, 1.82) is 5.26 Å². The summed E-state index contributed by atoms with van der Waals surface area (Å²) in [6.45, 7) is 3.05. The van der Waals surface area contributed by atoms with Gasteiger partial charge in [0.1, 0.15) is 6.07 Å². The molecule has 2 aromatic carbocycles. The first kappa shape index (κ1) is 18.9. The zero-order chi connectivity index (χ0) is 18.6. The van der Waals surface area contributed by atoms with Crippen molar-refractivity contribution in [2.75, 3.05) is 32.4 Å². The van der Waals surface area contributed by atoms with E-state index in [4.69, 9.17) is 0 Å². The van der Waals surface area contributed by atoms with Crippen molar-refractivity contribution in [3.05, 3.63) is 59.7 Å². The minimum atomic E-state index is -3.63. The Morgan fingerprint density at radius 2 is 1.69 bits per heavy atom. The molecule has 0 saturated carbocycles. The second kappa shape index (κ2) is 8.23. The number of nitrogens with zero attached hydrogens (tertiary/aromatic N) is 3. The molecule has 5 nitrogen and oxygen atoms in total. The fraction of sp³-hybridized carbons (Fsp3) is 0.316. The van der Waals surface area contributed by atoms with Gasteiger partial charge in [-0.15, -0.1) is 11.8 Å². The van der Waals surface area contributed by atoms with Crippen molar-refractivity contribution in [3.63, 3.8) is 0 Å². The Kier molecular flexibility index (Phi) is 5.99. The molecule has 0 unspecified atom stereocenters. The van der Waals surface area contributed by atoms with E-state index < -0.39 is 10.0 Å². The van der Waals surface area contributed by atoms with Gasteiger partial charge in [-0.05, 0) is 36.1 Å². The van der Waals surface area contributed by atoms with Crippen LogP contribution in [0.25, 0.3) is 0 Å². The van der Waals surface area contributed by atoms with Crippen molar-refractivity contribution in [3.8, 4) is 6.07 Å². The predicted molar refractivity (Wildman–Crippen MR) is 103 cm³/mol. The van der Waals surface area contributed by atoms with E-state index in [0.29, 0.717) is 26.2 Å². The number of rotatable bonds is 5. The Labute approximate surface area is 159 Å². The van der Waals surface area contributed by atoms with Gasteiger partial charge in [-0.2, -0.15) is 9.57 Å². The van der Waals surface area contributed by atoms with Crippen LogP contribution in [0.3, 0.4) is 0 Å². The lowest BCUT2D eigenvalue weighted by molar-refractivity contribution is 0.181. The number of piperazine rings is 1. The lowest BCUT2D eigenvalue weighted by atomic mass is 10.2. The molecule has 26 heavy (non-hydrogen) atoms. The number of benzene rings is 2. The molecular weight excluding hydrogens is 366 g/mol. The third kappa shape index (κ3) is 4.10. The highest BCUT2D eigenvalue weighted by molar-refractivity contribution is 7.98. The van der Waals surface area contributed by atoms with E-state index in [1.807, 2.05) is 6.07 Å². The molecule has 136 valence electrons. The molecule has 1 aliphatic heterocycles. The first-order chi connectivity index (χ1) is 12.5. The summed E-state index contributed by atoms with van der Waals surface area (Å²) < 4.78 is 27.2. The van der Waals surface area contributed by atoms with Crippen LogP contribution in [0.2, 0.25) is 0 Å². The van der Waals surface area contributed by atoms with Crippen LogP contribution >= 0.6 is 11.8 Å². The summed E-state index contributed by atoms with van der Waals surface area (Å²) in [6.07, 6.45) is 2.05. The summed E-state index contributed by atoms with van der Waals surface area (Å²) in [5.74, 6) is 0. The quantitative estimate of drug-likeness (QED) is 0.738. The second-order valence-corrected chi connectivity index (χ2v) is 8.92. The summed E-state index contributed by atoms with van der Waals surface area (Å²) in [4.78, 5) is 3.60. The molecule has 0 aromatic heterocycles. The van der Waals surface area contributed by atoms with Crippen molar-refractivity contribution < 1.29 is 8.42 Å². The van der Waals surface area contributed by atoms with Crippen molar-refractivity contribution >= 4 is 21.8 Å². The molecule has 2 aromatic rings. The topological polar surface area (TPSA) is 64.4 Å². The molecule has 3 rings (SSSR count). The summed E-state index contributed by atoms with van der Waals surface area (Å²) in [5.41, 5.74) is 1.43. The molecular formula is C19H21N3O2S2.